The number of hydrogen-bond donors (Lipinski definition) is 2. The number of morpholine rings is 2. The molecule has 8 nitrogen and oxygen atoms in total. The highest BCUT2D eigenvalue weighted by Gasteiger charge is 2.19. The molecule has 0 spiro atoms. The summed E-state index contributed by atoms with van der Waals surface area (Å²) in [6.45, 7) is 6.33. The van der Waals surface area contributed by atoms with Crippen LogP contribution in [-0.4, -0.2) is 67.7 Å². The van der Waals surface area contributed by atoms with Crippen LogP contribution in [0.3, 0.4) is 0 Å². The molecule has 2 fully saturated rings. The normalized spacial score (nSPS) is 17.0. The van der Waals surface area contributed by atoms with Gasteiger partial charge in [0.2, 0.25) is 5.95 Å². The fourth-order valence-corrected chi connectivity index (χ4v) is 3.48. The first kappa shape index (κ1) is 20.7. The molecule has 1 aromatic heterocycles. The summed E-state index contributed by atoms with van der Waals surface area (Å²) in [7, 11) is 0. The molecule has 30 heavy (non-hydrogen) atoms. The summed E-state index contributed by atoms with van der Waals surface area (Å²) in [5.74, 6) is 1.87. The predicted molar refractivity (Wildman–Crippen MR) is 118 cm³/mol. The lowest BCUT2D eigenvalue weighted by molar-refractivity contribution is 0.122. The molecule has 2 aromatic rings. The summed E-state index contributed by atoms with van der Waals surface area (Å²) < 4.78 is 24.0. The third kappa shape index (κ3) is 5.53. The van der Waals surface area contributed by atoms with Crippen molar-refractivity contribution < 1.29 is 13.9 Å². The van der Waals surface area contributed by atoms with Gasteiger partial charge < -0.3 is 29.9 Å². The molecule has 2 aliphatic rings. The molecule has 0 saturated carbocycles. The standard InChI is InChI=1S/C20H25FN6O2S/c21-16-3-1-15(2-4-16)14-22-20(30)25-19-23-17(26-5-9-28-10-6-26)13-18(24-19)27-7-11-29-12-8-27/h1-4,13H,5-12,14H2,(H2,22,23,24,25,30). The number of thiocarbonyl (C=S) groups is 1. The van der Waals surface area contributed by atoms with Gasteiger partial charge in [-0.1, -0.05) is 12.1 Å². The minimum absolute atomic E-state index is 0.261. The van der Waals surface area contributed by atoms with Crippen LogP contribution in [0.1, 0.15) is 5.56 Å². The molecule has 4 rings (SSSR count). The molecule has 3 heterocycles. The van der Waals surface area contributed by atoms with Crippen LogP contribution in [0, 0.1) is 5.82 Å². The highest BCUT2D eigenvalue weighted by atomic mass is 32.1. The van der Waals surface area contributed by atoms with Crippen LogP contribution in [0.25, 0.3) is 0 Å². The number of ether oxygens (including phenoxy) is 2. The Morgan fingerprint density at radius 2 is 1.47 bits per heavy atom. The van der Waals surface area contributed by atoms with Crippen molar-refractivity contribution >= 4 is 34.9 Å². The first-order valence-corrected chi connectivity index (χ1v) is 10.4. The van der Waals surface area contributed by atoms with E-state index in [1.54, 1.807) is 12.1 Å². The molecule has 1 aromatic carbocycles. The fourth-order valence-electron chi connectivity index (χ4n) is 3.32. The zero-order valence-corrected chi connectivity index (χ0v) is 17.5. The van der Waals surface area contributed by atoms with Gasteiger partial charge in [0.15, 0.2) is 5.11 Å². The molecule has 0 radical (unpaired) electrons. The Balaban J connectivity index is 1.47. The van der Waals surface area contributed by atoms with Gasteiger partial charge in [0.25, 0.3) is 0 Å². The second-order valence-corrected chi connectivity index (χ2v) is 7.45. The maximum Gasteiger partial charge on any atom is 0.232 e. The maximum atomic E-state index is 13.1. The van der Waals surface area contributed by atoms with E-state index in [0.29, 0.717) is 44.0 Å². The largest absolute Gasteiger partial charge is 0.378 e. The van der Waals surface area contributed by atoms with Gasteiger partial charge >= 0.3 is 0 Å². The summed E-state index contributed by atoms with van der Waals surface area (Å²) in [5, 5.41) is 6.61. The Morgan fingerprint density at radius 3 is 2.00 bits per heavy atom. The summed E-state index contributed by atoms with van der Waals surface area (Å²) in [4.78, 5) is 13.7. The van der Waals surface area contributed by atoms with Gasteiger partial charge in [0, 0.05) is 38.8 Å². The Kier molecular flexibility index (Phi) is 6.88. The highest BCUT2D eigenvalue weighted by Crippen LogP contribution is 2.23. The van der Waals surface area contributed by atoms with Crippen LogP contribution in [0.15, 0.2) is 30.3 Å². The van der Waals surface area contributed by atoms with Gasteiger partial charge in [0.05, 0.1) is 26.4 Å². The van der Waals surface area contributed by atoms with Crippen molar-refractivity contribution in [3.8, 4) is 0 Å². The van der Waals surface area contributed by atoms with Crippen LogP contribution < -0.4 is 20.4 Å². The lowest BCUT2D eigenvalue weighted by atomic mass is 10.2. The topological polar surface area (TPSA) is 74.8 Å². The minimum Gasteiger partial charge on any atom is -0.378 e. The number of benzene rings is 1. The SMILES string of the molecule is Fc1ccc(CNC(=S)Nc2nc(N3CCOCC3)cc(N3CCOCC3)n2)cc1. The van der Waals surface area contributed by atoms with E-state index in [1.807, 2.05) is 6.07 Å². The molecule has 0 bridgehead atoms. The minimum atomic E-state index is -0.261. The Hall–Kier alpha value is -2.56. The van der Waals surface area contributed by atoms with Crippen molar-refractivity contribution in [3.05, 3.63) is 41.7 Å². The second kappa shape index (κ2) is 9.96. The molecule has 10 heteroatoms. The van der Waals surface area contributed by atoms with Gasteiger partial charge in [-0.05, 0) is 29.9 Å². The zero-order valence-electron chi connectivity index (χ0n) is 16.6. The van der Waals surface area contributed by atoms with Crippen LogP contribution in [0.4, 0.5) is 22.0 Å². The Bertz CT molecular complexity index is 821. The van der Waals surface area contributed by atoms with Crippen molar-refractivity contribution in [2.45, 2.75) is 6.54 Å². The molecule has 0 amide bonds. The van der Waals surface area contributed by atoms with E-state index < -0.39 is 0 Å². The van der Waals surface area contributed by atoms with Crippen molar-refractivity contribution in [1.82, 2.24) is 15.3 Å². The van der Waals surface area contributed by atoms with Gasteiger partial charge in [-0.3, -0.25) is 0 Å². The number of aromatic nitrogens is 2. The van der Waals surface area contributed by atoms with E-state index in [4.69, 9.17) is 21.7 Å². The maximum absolute atomic E-state index is 13.1. The van der Waals surface area contributed by atoms with Crippen LogP contribution in [0.5, 0.6) is 0 Å². The van der Waals surface area contributed by atoms with Crippen molar-refractivity contribution in [3.63, 3.8) is 0 Å². The summed E-state index contributed by atoms with van der Waals surface area (Å²) >= 11 is 5.42. The van der Waals surface area contributed by atoms with E-state index >= 15 is 0 Å². The average Bonchev–Trinajstić information content (AvgIpc) is 2.80. The summed E-state index contributed by atoms with van der Waals surface area (Å²) in [6, 6.07) is 8.30. The second-order valence-electron chi connectivity index (χ2n) is 7.04. The Labute approximate surface area is 180 Å². The number of halogens is 1. The van der Waals surface area contributed by atoms with Crippen molar-refractivity contribution in [2.24, 2.45) is 0 Å². The number of nitrogens with zero attached hydrogens (tertiary/aromatic N) is 4. The summed E-state index contributed by atoms with van der Waals surface area (Å²) in [6.07, 6.45) is 0. The van der Waals surface area contributed by atoms with E-state index in [9.17, 15) is 4.39 Å². The van der Waals surface area contributed by atoms with Crippen LogP contribution >= 0.6 is 12.2 Å². The molecule has 160 valence electrons. The van der Waals surface area contributed by atoms with E-state index in [1.165, 1.54) is 12.1 Å². The van der Waals surface area contributed by atoms with E-state index in [-0.39, 0.29) is 5.82 Å². The molecule has 2 aliphatic heterocycles. The molecule has 0 aliphatic carbocycles. The molecule has 0 unspecified atom stereocenters. The zero-order chi connectivity index (χ0) is 20.8. The smallest absolute Gasteiger partial charge is 0.232 e. The molecule has 2 N–H and O–H groups in total. The first-order chi connectivity index (χ1) is 14.7. The highest BCUT2D eigenvalue weighted by molar-refractivity contribution is 7.80. The van der Waals surface area contributed by atoms with Crippen LogP contribution in [0.2, 0.25) is 0 Å². The van der Waals surface area contributed by atoms with Gasteiger partial charge in [-0.15, -0.1) is 0 Å². The lowest BCUT2D eigenvalue weighted by Gasteiger charge is -2.31. The van der Waals surface area contributed by atoms with Crippen molar-refractivity contribution in [2.75, 3.05) is 67.7 Å². The monoisotopic (exact) mass is 432 g/mol. The Morgan fingerprint density at radius 1 is 0.933 bits per heavy atom. The third-order valence-corrected chi connectivity index (χ3v) is 5.21. The molecule has 0 atom stereocenters. The molecular weight excluding hydrogens is 407 g/mol. The van der Waals surface area contributed by atoms with E-state index in [0.717, 1.165) is 43.4 Å². The molecular formula is C20H25FN6O2S. The average molecular weight is 433 g/mol. The first-order valence-electron chi connectivity index (χ1n) is 10.0. The number of rotatable bonds is 5. The van der Waals surface area contributed by atoms with Crippen molar-refractivity contribution in [1.29, 1.82) is 0 Å². The van der Waals surface area contributed by atoms with Gasteiger partial charge in [-0.2, -0.15) is 9.97 Å². The quantitative estimate of drug-likeness (QED) is 0.688. The number of anilines is 3. The third-order valence-electron chi connectivity index (χ3n) is 4.96. The summed E-state index contributed by atoms with van der Waals surface area (Å²) in [5.41, 5.74) is 0.928. The molecule has 2 saturated heterocycles. The van der Waals surface area contributed by atoms with Crippen LogP contribution in [-0.2, 0) is 16.0 Å². The number of nitrogens with one attached hydrogen (secondary N) is 2. The lowest BCUT2D eigenvalue weighted by Crippen LogP contribution is -2.39. The van der Waals surface area contributed by atoms with Gasteiger partial charge in [0.1, 0.15) is 17.5 Å². The number of hydrogen-bond acceptors (Lipinski definition) is 7. The predicted octanol–water partition coefficient (Wildman–Crippen LogP) is 1.78. The van der Waals surface area contributed by atoms with E-state index in [2.05, 4.69) is 30.4 Å². The fraction of sp³-hybridized carbons (Fsp3) is 0.450. The van der Waals surface area contributed by atoms with Gasteiger partial charge in [-0.25, -0.2) is 4.39 Å².